The van der Waals surface area contributed by atoms with Crippen molar-refractivity contribution in [2.45, 2.75) is 57.3 Å². The minimum atomic E-state index is -1.46. The Morgan fingerprint density at radius 3 is 1.91 bits per heavy atom. The number of carboxylic acid groups (broad SMARTS) is 1. The van der Waals surface area contributed by atoms with E-state index in [2.05, 4.69) is 28.6 Å². The van der Waals surface area contributed by atoms with E-state index in [9.17, 15) is 34.2 Å². The number of primary amides is 1. The highest BCUT2D eigenvalue weighted by Crippen LogP contribution is 2.11. The maximum atomic E-state index is 12.7. The van der Waals surface area contributed by atoms with E-state index in [1.807, 2.05) is 0 Å². The summed E-state index contributed by atoms with van der Waals surface area (Å²) in [7, 11) is 0. The molecule has 0 radical (unpaired) electrons. The number of phenolic OH excluding ortho intramolecular Hbond substituents is 1. The summed E-state index contributed by atoms with van der Waals surface area (Å²) in [6.07, 6.45) is -0.322. The smallest absolute Gasteiger partial charge is 0.326 e. The number of carboxylic acids is 1. The van der Waals surface area contributed by atoms with Crippen molar-refractivity contribution in [2.75, 3.05) is 5.75 Å². The average molecular weight is 512 g/mol. The van der Waals surface area contributed by atoms with Gasteiger partial charge in [-0.3, -0.25) is 19.2 Å². The molecule has 1 rings (SSSR count). The first-order valence-electron chi connectivity index (χ1n) is 10.9. The van der Waals surface area contributed by atoms with Crippen LogP contribution in [0.4, 0.5) is 0 Å². The van der Waals surface area contributed by atoms with Crippen LogP contribution in [0.25, 0.3) is 0 Å². The molecular formula is C22H33N5O7S. The first kappa shape index (κ1) is 29.7. The van der Waals surface area contributed by atoms with Crippen LogP contribution >= 0.6 is 12.6 Å². The van der Waals surface area contributed by atoms with Gasteiger partial charge in [0.1, 0.15) is 23.9 Å². The van der Waals surface area contributed by atoms with Crippen LogP contribution in [0.5, 0.6) is 5.75 Å². The van der Waals surface area contributed by atoms with Gasteiger partial charge in [0, 0.05) is 5.75 Å². The van der Waals surface area contributed by atoms with E-state index in [1.54, 1.807) is 26.0 Å². The number of hydrogen-bond acceptors (Lipinski definition) is 8. The zero-order valence-corrected chi connectivity index (χ0v) is 20.5. The molecule has 13 heteroatoms. The van der Waals surface area contributed by atoms with E-state index in [1.165, 1.54) is 12.1 Å². The van der Waals surface area contributed by atoms with Crippen molar-refractivity contribution in [1.82, 2.24) is 16.0 Å². The molecule has 194 valence electrons. The van der Waals surface area contributed by atoms with Crippen LogP contribution in [0.1, 0.15) is 32.3 Å². The van der Waals surface area contributed by atoms with Gasteiger partial charge in [0.25, 0.3) is 0 Å². The van der Waals surface area contributed by atoms with Crippen LogP contribution in [-0.4, -0.2) is 69.7 Å². The summed E-state index contributed by atoms with van der Waals surface area (Å²) >= 11 is 4.06. The van der Waals surface area contributed by atoms with Crippen LogP contribution in [0.2, 0.25) is 0 Å². The monoisotopic (exact) mass is 511 g/mol. The Morgan fingerprint density at radius 2 is 1.43 bits per heavy atom. The van der Waals surface area contributed by atoms with Gasteiger partial charge in [-0.2, -0.15) is 12.6 Å². The van der Waals surface area contributed by atoms with E-state index >= 15 is 0 Å². The van der Waals surface area contributed by atoms with Crippen LogP contribution < -0.4 is 27.4 Å². The van der Waals surface area contributed by atoms with Gasteiger partial charge in [-0.1, -0.05) is 26.0 Å². The van der Waals surface area contributed by atoms with Crippen molar-refractivity contribution in [3.05, 3.63) is 29.8 Å². The molecule has 4 unspecified atom stereocenters. The Kier molecular flexibility index (Phi) is 12.0. The lowest BCUT2D eigenvalue weighted by atomic mass is 10.0. The number of hydrogen-bond donors (Lipinski definition) is 8. The molecule has 0 fully saturated rings. The highest BCUT2D eigenvalue weighted by Gasteiger charge is 2.31. The number of carbonyl (C=O) groups excluding carboxylic acids is 4. The summed E-state index contributed by atoms with van der Waals surface area (Å²) in [5.41, 5.74) is 11.8. The molecule has 0 saturated heterocycles. The van der Waals surface area contributed by atoms with E-state index in [0.717, 1.165) is 0 Å². The first-order valence-corrected chi connectivity index (χ1v) is 11.5. The largest absolute Gasteiger partial charge is 0.508 e. The van der Waals surface area contributed by atoms with Gasteiger partial charge in [0.05, 0.1) is 12.5 Å². The molecule has 35 heavy (non-hydrogen) atoms. The second kappa shape index (κ2) is 14.2. The molecule has 9 N–H and O–H groups in total. The summed E-state index contributed by atoms with van der Waals surface area (Å²) < 4.78 is 0. The van der Waals surface area contributed by atoms with Crippen LogP contribution in [0.3, 0.4) is 0 Å². The average Bonchev–Trinajstić information content (AvgIpc) is 2.76. The SMILES string of the molecule is CC(C)CC(NC(=O)C(CC(N)=O)NC(=O)C(CS)NC(=O)C(N)Cc1ccc(O)cc1)C(=O)O. The lowest BCUT2D eigenvalue weighted by Crippen LogP contribution is -2.58. The van der Waals surface area contributed by atoms with Crippen LogP contribution in [-0.2, 0) is 30.4 Å². The number of benzene rings is 1. The van der Waals surface area contributed by atoms with Gasteiger partial charge >= 0.3 is 5.97 Å². The van der Waals surface area contributed by atoms with Gasteiger partial charge in [-0.05, 0) is 36.5 Å². The topological polar surface area (TPSA) is 214 Å². The van der Waals surface area contributed by atoms with Gasteiger partial charge < -0.3 is 37.6 Å². The normalized spacial score (nSPS) is 14.3. The third kappa shape index (κ3) is 10.6. The fraction of sp³-hybridized carbons (Fsp3) is 0.500. The zero-order chi connectivity index (χ0) is 26.7. The van der Waals surface area contributed by atoms with Crippen LogP contribution in [0, 0.1) is 5.92 Å². The minimum Gasteiger partial charge on any atom is -0.508 e. The second-order valence-electron chi connectivity index (χ2n) is 8.48. The highest BCUT2D eigenvalue weighted by atomic mass is 32.1. The Bertz CT molecular complexity index is 910. The van der Waals surface area contributed by atoms with E-state index in [-0.39, 0.29) is 30.3 Å². The minimum absolute atomic E-state index is 0.0462. The number of aliphatic carboxylic acids is 1. The molecule has 0 aliphatic heterocycles. The maximum absolute atomic E-state index is 12.7. The Balaban J connectivity index is 2.84. The molecule has 4 atom stereocenters. The van der Waals surface area contributed by atoms with E-state index in [0.29, 0.717) is 5.56 Å². The number of thiol groups is 1. The molecule has 0 bridgehead atoms. The number of nitrogens with one attached hydrogen (secondary N) is 3. The molecule has 0 aliphatic rings. The summed E-state index contributed by atoms with van der Waals surface area (Å²) in [6, 6.07) is 1.18. The quantitative estimate of drug-likeness (QED) is 0.139. The molecule has 0 heterocycles. The molecule has 12 nitrogen and oxygen atoms in total. The van der Waals surface area contributed by atoms with E-state index in [4.69, 9.17) is 11.5 Å². The van der Waals surface area contributed by atoms with Gasteiger partial charge in [-0.25, -0.2) is 4.79 Å². The molecular weight excluding hydrogens is 478 g/mol. The molecule has 0 spiro atoms. The summed E-state index contributed by atoms with van der Waals surface area (Å²) in [5.74, 6) is -4.70. The summed E-state index contributed by atoms with van der Waals surface area (Å²) in [6.45, 7) is 3.55. The Hall–Kier alpha value is -3.32. The number of aromatic hydroxyl groups is 1. The summed E-state index contributed by atoms with van der Waals surface area (Å²) in [5, 5.41) is 25.7. The summed E-state index contributed by atoms with van der Waals surface area (Å²) in [4.78, 5) is 60.8. The molecule has 0 aliphatic carbocycles. The number of phenols is 1. The standard InChI is InChI=1S/C22H33N5O7S/c1-11(2)7-16(22(33)34)26-20(31)15(9-18(24)29)25-21(32)17(10-35)27-19(30)14(23)8-12-3-5-13(28)6-4-12/h3-6,11,14-17,28,35H,7-10,23H2,1-2H3,(H2,24,29)(H,25,32)(H,26,31)(H,27,30)(H,33,34). The van der Waals surface area contributed by atoms with Crippen molar-refractivity contribution in [2.24, 2.45) is 17.4 Å². The predicted octanol–water partition coefficient (Wildman–Crippen LogP) is -1.35. The van der Waals surface area contributed by atoms with Crippen molar-refractivity contribution >= 4 is 42.2 Å². The number of amides is 4. The van der Waals surface area contributed by atoms with Gasteiger partial charge in [-0.15, -0.1) is 0 Å². The third-order valence-electron chi connectivity index (χ3n) is 4.90. The van der Waals surface area contributed by atoms with Crippen molar-refractivity contribution in [3.8, 4) is 5.75 Å². The first-order chi connectivity index (χ1) is 16.3. The van der Waals surface area contributed by atoms with Crippen molar-refractivity contribution < 1.29 is 34.2 Å². The predicted molar refractivity (Wildman–Crippen MR) is 130 cm³/mol. The molecule has 1 aromatic carbocycles. The van der Waals surface area contributed by atoms with E-state index < -0.39 is 60.2 Å². The Labute approximate surface area is 208 Å². The molecule has 0 aromatic heterocycles. The van der Waals surface area contributed by atoms with Crippen molar-refractivity contribution in [1.29, 1.82) is 0 Å². The maximum Gasteiger partial charge on any atom is 0.326 e. The van der Waals surface area contributed by atoms with Crippen molar-refractivity contribution in [3.63, 3.8) is 0 Å². The zero-order valence-electron chi connectivity index (χ0n) is 19.6. The molecule has 0 saturated carbocycles. The van der Waals surface area contributed by atoms with Gasteiger partial charge in [0.15, 0.2) is 0 Å². The number of rotatable bonds is 14. The molecule has 4 amide bonds. The fourth-order valence-corrected chi connectivity index (χ4v) is 3.36. The lowest BCUT2D eigenvalue weighted by Gasteiger charge is -2.24. The second-order valence-corrected chi connectivity index (χ2v) is 8.85. The highest BCUT2D eigenvalue weighted by molar-refractivity contribution is 7.80. The lowest BCUT2D eigenvalue weighted by molar-refractivity contribution is -0.143. The molecule has 1 aromatic rings. The van der Waals surface area contributed by atoms with Gasteiger partial charge in [0.2, 0.25) is 23.6 Å². The fourth-order valence-electron chi connectivity index (χ4n) is 3.10. The van der Waals surface area contributed by atoms with Crippen LogP contribution in [0.15, 0.2) is 24.3 Å². The number of carbonyl (C=O) groups is 5. The Morgan fingerprint density at radius 1 is 0.914 bits per heavy atom. The number of nitrogens with two attached hydrogens (primary N) is 2. The third-order valence-corrected chi connectivity index (χ3v) is 5.27.